The van der Waals surface area contributed by atoms with Crippen molar-refractivity contribution in [2.75, 3.05) is 19.1 Å². The van der Waals surface area contributed by atoms with Crippen LogP contribution in [0.5, 0.6) is 0 Å². The molecule has 3 unspecified atom stereocenters. The predicted octanol–water partition coefficient (Wildman–Crippen LogP) is 4.94. The lowest BCUT2D eigenvalue weighted by atomic mass is 10.0. The Morgan fingerprint density at radius 3 is 2.68 bits per heavy atom. The summed E-state index contributed by atoms with van der Waals surface area (Å²) in [6.45, 7) is 5.38. The summed E-state index contributed by atoms with van der Waals surface area (Å²) in [6.07, 6.45) is 3.52. The van der Waals surface area contributed by atoms with E-state index in [9.17, 15) is 18.4 Å². The lowest BCUT2D eigenvalue weighted by Crippen LogP contribution is -2.18. The van der Waals surface area contributed by atoms with Crippen molar-refractivity contribution in [2.24, 2.45) is 16.6 Å². The van der Waals surface area contributed by atoms with Gasteiger partial charge in [-0.3, -0.25) is 14.2 Å². The van der Waals surface area contributed by atoms with Gasteiger partial charge >= 0.3 is 5.97 Å². The molecule has 1 aromatic carbocycles. The second-order valence-corrected chi connectivity index (χ2v) is 8.67. The van der Waals surface area contributed by atoms with E-state index in [1.54, 1.807) is 30.8 Å². The van der Waals surface area contributed by atoms with Crippen LogP contribution in [0.3, 0.4) is 0 Å². The van der Waals surface area contributed by atoms with E-state index in [4.69, 9.17) is 17.3 Å². The van der Waals surface area contributed by atoms with Gasteiger partial charge in [0.2, 0.25) is 0 Å². The third-order valence-corrected chi connectivity index (χ3v) is 6.12. The standard InChI is InChI=1S/C17H14ClFN4OS.C5H8O2.CH3F/c18-8-1-4-13(21-7-8)16(24)22-9-2-3-12(19)10(5-9)15-11-6-14(11)25-17(20)23-15;1-3-5(6)7-4-2;1-2/h1-5,7,11,14-15H,6H2,(H2,20,23)(H,22,24);3H,1,4H2,2H3;1H3. The number of ether oxygens (including phenoxy) is 1. The first-order chi connectivity index (χ1) is 16.3. The second kappa shape index (κ2) is 13.0. The van der Waals surface area contributed by atoms with Gasteiger partial charge in [-0.15, -0.1) is 0 Å². The van der Waals surface area contributed by atoms with Crippen LogP contribution in [-0.2, 0) is 9.53 Å². The number of rotatable bonds is 5. The molecule has 7 nitrogen and oxygen atoms in total. The van der Waals surface area contributed by atoms with E-state index in [2.05, 4.69) is 26.6 Å². The molecule has 0 saturated heterocycles. The van der Waals surface area contributed by atoms with Crippen LogP contribution in [0.25, 0.3) is 0 Å². The van der Waals surface area contributed by atoms with Gasteiger partial charge in [-0.25, -0.2) is 14.2 Å². The van der Waals surface area contributed by atoms with Crippen LogP contribution < -0.4 is 11.1 Å². The van der Waals surface area contributed by atoms with Gasteiger partial charge in [-0.2, -0.15) is 0 Å². The van der Waals surface area contributed by atoms with E-state index < -0.39 is 0 Å². The normalized spacial score (nSPS) is 19.6. The lowest BCUT2D eigenvalue weighted by molar-refractivity contribution is -0.137. The Hall–Kier alpha value is -2.98. The Bertz CT molecular complexity index is 1050. The zero-order valence-corrected chi connectivity index (χ0v) is 20.2. The average Bonchev–Trinajstić information content (AvgIpc) is 3.61. The molecule has 4 rings (SSSR count). The van der Waals surface area contributed by atoms with Crippen LogP contribution in [-0.4, -0.2) is 41.1 Å². The van der Waals surface area contributed by atoms with Crippen molar-refractivity contribution >= 4 is 46.1 Å². The van der Waals surface area contributed by atoms with Gasteiger partial charge in [-0.1, -0.05) is 29.9 Å². The molecule has 1 aromatic heterocycles. The molecule has 182 valence electrons. The number of nitrogens with two attached hydrogens (primary N) is 1. The molecule has 34 heavy (non-hydrogen) atoms. The van der Waals surface area contributed by atoms with E-state index in [0.717, 1.165) is 12.5 Å². The number of thioether (sulfide) groups is 1. The number of nitrogens with one attached hydrogen (secondary N) is 1. The number of amidine groups is 1. The molecule has 1 aliphatic carbocycles. The molecule has 2 aliphatic rings. The molecule has 0 radical (unpaired) electrons. The molecule has 3 atom stereocenters. The number of aliphatic imine (C=N–C) groups is 1. The third-order valence-electron chi connectivity index (χ3n) is 4.71. The minimum Gasteiger partial charge on any atom is -0.463 e. The summed E-state index contributed by atoms with van der Waals surface area (Å²) in [5.41, 5.74) is 7.01. The van der Waals surface area contributed by atoms with Gasteiger partial charge in [0.15, 0.2) is 5.17 Å². The fraction of sp³-hybridized carbons (Fsp3) is 0.304. The van der Waals surface area contributed by atoms with Crippen molar-refractivity contribution in [1.82, 2.24) is 4.98 Å². The second-order valence-electron chi connectivity index (χ2n) is 6.98. The predicted molar refractivity (Wildman–Crippen MR) is 131 cm³/mol. The van der Waals surface area contributed by atoms with Crippen LogP contribution in [0.1, 0.15) is 35.4 Å². The summed E-state index contributed by atoms with van der Waals surface area (Å²) in [5, 5.41) is 4.08. The highest BCUT2D eigenvalue weighted by atomic mass is 35.5. The average molecular weight is 511 g/mol. The molecule has 2 heterocycles. The number of alkyl halides is 1. The first-order valence-corrected chi connectivity index (χ1v) is 11.5. The maximum atomic E-state index is 14.3. The number of hydrogen-bond donors (Lipinski definition) is 2. The zero-order chi connectivity index (χ0) is 25.3. The van der Waals surface area contributed by atoms with Crippen molar-refractivity contribution in [3.63, 3.8) is 0 Å². The van der Waals surface area contributed by atoms with E-state index in [1.165, 1.54) is 24.4 Å². The van der Waals surface area contributed by atoms with Crippen molar-refractivity contribution in [1.29, 1.82) is 0 Å². The molecule has 11 heteroatoms. The van der Waals surface area contributed by atoms with Gasteiger partial charge in [0.1, 0.15) is 11.5 Å². The number of anilines is 1. The monoisotopic (exact) mass is 510 g/mol. The van der Waals surface area contributed by atoms with Crippen LogP contribution in [0.2, 0.25) is 5.02 Å². The number of benzene rings is 1. The smallest absolute Gasteiger partial charge is 0.330 e. The van der Waals surface area contributed by atoms with E-state index in [1.807, 2.05) is 0 Å². The quantitative estimate of drug-likeness (QED) is 0.436. The fourth-order valence-corrected chi connectivity index (χ4v) is 4.37. The number of aromatic nitrogens is 1. The number of carbonyl (C=O) groups is 2. The number of carbonyl (C=O) groups excluding carboxylic acids is 2. The number of nitrogens with zero attached hydrogens (tertiary/aromatic N) is 2. The van der Waals surface area contributed by atoms with Crippen molar-refractivity contribution in [2.45, 2.75) is 24.6 Å². The summed E-state index contributed by atoms with van der Waals surface area (Å²) in [6, 6.07) is 7.30. The van der Waals surface area contributed by atoms with E-state index in [0.29, 0.717) is 46.4 Å². The zero-order valence-electron chi connectivity index (χ0n) is 18.6. The van der Waals surface area contributed by atoms with Gasteiger partial charge in [0, 0.05) is 28.8 Å². The summed E-state index contributed by atoms with van der Waals surface area (Å²) >= 11 is 7.32. The summed E-state index contributed by atoms with van der Waals surface area (Å²) in [5.74, 6) is -0.791. The highest BCUT2D eigenvalue weighted by Crippen LogP contribution is 2.54. The molecule has 1 fully saturated rings. The van der Waals surface area contributed by atoms with E-state index in [-0.39, 0.29) is 29.4 Å². The van der Waals surface area contributed by atoms with Crippen LogP contribution in [0.4, 0.5) is 14.5 Å². The Kier molecular flexibility index (Phi) is 10.5. The van der Waals surface area contributed by atoms with Gasteiger partial charge in [0.05, 0.1) is 24.8 Å². The van der Waals surface area contributed by atoms with Crippen LogP contribution in [0.15, 0.2) is 54.2 Å². The molecule has 0 bridgehead atoms. The fourth-order valence-electron chi connectivity index (χ4n) is 3.13. The maximum absolute atomic E-state index is 14.3. The number of hydrogen-bond acceptors (Lipinski definition) is 7. The lowest BCUT2D eigenvalue weighted by Gasteiger charge is -2.19. The van der Waals surface area contributed by atoms with Crippen molar-refractivity contribution < 1.29 is 23.1 Å². The Labute approximate surface area is 205 Å². The molecular formula is C23H25ClF2N4O3S. The number of esters is 1. The first kappa shape index (κ1) is 27.3. The third kappa shape index (κ3) is 7.53. The Balaban J connectivity index is 0.000000393. The first-order valence-electron chi connectivity index (χ1n) is 10.2. The Morgan fingerprint density at radius 1 is 1.35 bits per heavy atom. The highest BCUT2D eigenvalue weighted by Gasteiger charge is 2.48. The molecule has 0 spiro atoms. The molecule has 3 N–H and O–H groups in total. The molecule has 1 aliphatic heterocycles. The van der Waals surface area contributed by atoms with E-state index >= 15 is 0 Å². The number of fused-ring (bicyclic) bond motifs is 1. The summed E-state index contributed by atoms with van der Waals surface area (Å²) in [4.78, 5) is 30.7. The maximum Gasteiger partial charge on any atom is 0.330 e. The summed E-state index contributed by atoms with van der Waals surface area (Å²) in [7, 11) is 0.500. The SMILES string of the molecule is C=CC(=O)OCC.CF.NC1=NC(c2cc(NC(=O)c3ccc(Cl)cn3)ccc2F)C2CC2S1. The largest absolute Gasteiger partial charge is 0.463 e. The Morgan fingerprint density at radius 2 is 2.09 bits per heavy atom. The number of amides is 1. The minimum absolute atomic E-state index is 0.230. The van der Waals surface area contributed by atoms with Crippen molar-refractivity contribution in [3.05, 3.63) is 71.3 Å². The number of pyridine rings is 1. The van der Waals surface area contributed by atoms with Crippen LogP contribution >= 0.6 is 23.4 Å². The number of halogens is 3. The minimum atomic E-state index is -0.388. The highest BCUT2D eigenvalue weighted by molar-refractivity contribution is 8.14. The molecular weight excluding hydrogens is 486 g/mol. The van der Waals surface area contributed by atoms with Crippen LogP contribution in [0, 0.1) is 11.7 Å². The van der Waals surface area contributed by atoms with Gasteiger partial charge in [-0.05, 0) is 49.6 Å². The van der Waals surface area contributed by atoms with Gasteiger partial charge in [0.25, 0.3) is 5.91 Å². The molecule has 1 saturated carbocycles. The molecule has 1 amide bonds. The summed E-state index contributed by atoms with van der Waals surface area (Å²) < 4.78 is 28.3. The topological polar surface area (TPSA) is 107 Å². The molecule has 2 aromatic rings. The van der Waals surface area contributed by atoms with Crippen molar-refractivity contribution in [3.8, 4) is 0 Å². The van der Waals surface area contributed by atoms with Gasteiger partial charge < -0.3 is 15.8 Å².